The second kappa shape index (κ2) is 9.41. The predicted molar refractivity (Wildman–Crippen MR) is 105 cm³/mol. The third-order valence-electron chi connectivity index (χ3n) is 5.63. The number of nitrogens with zero attached hydrogens (tertiary/aromatic N) is 1. The van der Waals surface area contributed by atoms with Crippen LogP contribution in [0.1, 0.15) is 17.0 Å². The lowest BCUT2D eigenvalue weighted by molar-refractivity contribution is -0.908. The third-order valence-corrected chi connectivity index (χ3v) is 5.63. The number of quaternary nitrogens is 1. The molecule has 0 radical (unpaired) electrons. The van der Waals surface area contributed by atoms with E-state index in [0.29, 0.717) is 13.0 Å². The first-order valence-corrected chi connectivity index (χ1v) is 9.72. The Labute approximate surface area is 172 Å². The Bertz CT molecular complexity index is 808. The molecule has 0 amide bonds. The fourth-order valence-electron chi connectivity index (χ4n) is 4.07. The van der Waals surface area contributed by atoms with E-state index >= 15 is 0 Å². The minimum Gasteiger partial charge on any atom is -1.00 e. The molecule has 5 nitrogen and oxygen atoms in total. The lowest BCUT2D eigenvalue weighted by atomic mass is 9.92. The lowest BCUT2D eigenvalue weighted by Gasteiger charge is -2.24. The normalized spacial score (nSPS) is 19.0. The summed E-state index contributed by atoms with van der Waals surface area (Å²) in [7, 11) is 2.06. The minimum atomic E-state index is -0.271. The summed E-state index contributed by atoms with van der Waals surface area (Å²) in [6.45, 7) is 4.87. The Hall–Kier alpha value is -2.08. The van der Waals surface area contributed by atoms with Crippen LogP contribution in [0.5, 0.6) is 0 Å². The number of morpholine rings is 1. The molecule has 2 aromatic rings. The molecule has 2 aliphatic heterocycles. The maximum absolute atomic E-state index is 13.0. The Morgan fingerprint density at radius 1 is 1.11 bits per heavy atom. The summed E-state index contributed by atoms with van der Waals surface area (Å²) in [5.41, 5.74) is 4.44. The first-order valence-electron chi connectivity index (χ1n) is 9.72. The molecule has 0 saturated carbocycles. The van der Waals surface area contributed by atoms with Crippen molar-refractivity contribution < 1.29 is 31.6 Å². The van der Waals surface area contributed by atoms with Crippen LogP contribution >= 0.6 is 0 Å². The molecule has 4 rings (SSSR count). The molecule has 1 unspecified atom stereocenters. The number of para-hydroxylation sites is 2. The number of carbonyl (C=O) groups is 1. The van der Waals surface area contributed by atoms with Crippen molar-refractivity contribution in [3.05, 3.63) is 59.7 Å². The third kappa shape index (κ3) is 4.32. The molecular formula is C22H27ClN2O3. The fourth-order valence-corrected chi connectivity index (χ4v) is 4.07. The highest BCUT2D eigenvalue weighted by Crippen LogP contribution is 2.40. The zero-order valence-electron chi connectivity index (χ0n) is 16.2. The Kier molecular flexibility index (Phi) is 6.94. The molecule has 0 bridgehead atoms. The quantitative estimate of drug-likeness (QED) is 0.636. The van der Waals surface area contributed by atoms with Crippen LogP contribution < -0.4 is 22.2 Å². The smallest absolute Gasteiger partial charge is 0.314 e. The maximum Gasteiger partial charge on any atom is 0.314 e. The first-order chi connectivity index (χ1) is 13.2. The molecule has 0 aliphatic carbocycles. The van der Waals surface area contributed by atoms with Crippen molar-refractivity contribution in [1.82, 2.24) is 0 Å². The average Bonchev–Trinajstić information content (AvgIpc) is 2.84. The van der Waals surface area contributed by atoms with Gasteiger partial charge in [-0.3, -0.25) is 4.79 Å². The van der Waals surface area contributed by atoms with E-state index in [4.69, 9.17) is 9.47 Å². The molecule has 1 saturated heterocycles. The Morgan fingerprint density at radius 2 is 1.79 bits per heavy atom. The number of ether oxygens (including phenoxy) is 2. The Balaban J connectivity index is 0.00000225. The van der Waals surface area contributed by atoms with Crippen LogP contribution in [0.2, 0.25) is 0 Å². The highest BCUT2D eigenvalue weighted by molar-refractivity contribution is 5.84. The van der Waals surface area contributed by atoms with Gasteiger partial charge in [-0.15, -0.1) is 0 Å². The summed E-state index contributed by atoms with van der Waals surface area (Å²) in [5, 5.41) is 0. The van der Waals surface area contributed by atoms with Crippen LogP contribution in [0.3, 0.4) is 0 Å². The zero-order valence-corrected chi connectivity index (χ0v) is 17.0. The van der Waals surface area contributed by atoms with E-state index in [-0.39, 0.29) is 24.3 Å². The summed E-state index contributed by atoms with van der Waals surface area (Å²) < 4.78 is 11.1. The summed E-state index contributed by atoms with van der Waals surface area (Å²) in [5.74, 6) is -0.396. The number of nitrogens with one attached hydrogen (secondary N) is 1. The standard InChI is InChI=1S/C22H26N2O3.ClH/c1-23-20-8-4-2-6-17(20)16-19(18-7-3-5-9-21(18)23)22(25)27-15-12-24-10-13-26-14-11-24;/h2-9,19H,10-16H2,1H3;1H. The maximum atomic E-state index is 13.0. The van der Waals surface area contributed by atoms with Gasteiger partial charge in [-0.1, -0.05) is 36.4 Å². The topological polar surface area (TPSA) is 43.2 Å². The fraction of sp³-hybridized carbons (Fsp3) is 0.409. The van der Waals surface area contributed by atoms with Gasteiger partial charge < -0.3 is 31.7 Å². The molecule has 2 heterocycles. The van der Waals surface area contributed by atoms with Crippen molar-refractivity contribution in [2.45, 2.75) is 12.3 Å². The van der Waals surface area contributed by atoms with Gasteiger partial charge in [0.1, 0.15) is 26.2 Å². The largest absolute Gasteiger partial charge is 1.00 e. The van der Waals surface area contributed by atoms with E-state index in [9.17, 15) is 4.79 Å². The number of fused-ring (bicyclic) bond motifs is 2. The minimum absolute atomic E-state index is 0. The van der Waals surface area contributed by atoms with Gasteiger partial charge in [0.15, 0.2) is 0 Å². The Morgan fingerprint density at radius 3 is 2.57 bits per heavy atom. The van der Waals surface area contributed by atoms with Crippen LogP contribution in [-0.2, 0) is 20.7 Å². The second-order valence-electron chi connectivity index (χ2n) is 7.28. The lowest BCUT2D eigenvalue weighted by Crippen LogP contribution is -3.14. The average molecular weight is 403 g/mol. The number of hydrogen-bond donors (Lipinski definition) is 1. The van der Waals surface area contributed by atoms with Gasteiger partial charge in [0.05, 0.1) is 19.1 Å². The molecule has 2 aromatic carbocycles. The molecule has 1 N–H and O–H groups in total. The molecule has 6 heteroatoms. The van der Waals surface area contributed by atoms with Gasteiger partial charge in [0.2, 0.25) is 0 Å². The molecule has 1 fully saturated rings. The molecule has 150 valence electrons. The van der Waals surface area contributed by atoms with Crippen LogP contribution in [0.15, 0.2) is 48.5 Å². The second-order valence-corrected chi connectivity index (χ2v) is 7.28. The van der Waals surface area contributed by atoms with Crippen LogP contribution in [0, 0.1) is 0 Å². The SMILES string of the molecule is CN1c2ccccc2CC(C(=O)OCC[NH+]2CCOCC2)c2ccccc21.[Cl-]. The van der Waals surface area contributed by atoms with Gasteiger partial charge in [0.25, 0.3) is 0 Å². The number of esters is 1. The summed E-state index contributed by atoms with van der Waals surface area (Å²) in [6.07, 6.45) is 0.667. The van der Waals surface area contributed by atoms with Crippen LogP contribution in [-0.4, -0.2) is 52.5 Å². The number of anilines is 2. The van der Waals surface area contributed by atoms with Crippen molar-refractivity contribution >= 4 is 17.3 Å². The molecule has 2 aliphatic rings. The van der Waals surface area contributed by atoms with E-state index in [2.05, 4.69) is 36.2 Å². The van der Waals surface area contributed by atoms with Crippen molar-refractivity contribution in [2.75, 3.05) is 51.4 Å². The van der Waals surface area contributed by atoms with E-state index in [1.165, 1.54) is 10.5 Å². The van der Waals surface area contributed by atoms with Gasteiger partial charge in [0, 0.05) is 18.4 Å². The van der Waals surface area contributed by atoms with Crippen LogP contribution in [0.4, 0.5) is 11.4 Å². The van der Waals surface area contributed by atoms with Gasteiger partial charge in [-0.2, -0.15) is 0 Å². The van der Waals surface area contributed by atoms with Crippen molar-refractivity contribution in [1.29, 1.82) is 0 Å². The van der Waals surface area contributed by atoms with Gasteiger partial charge in [-0.05, 0) is 29.7 Å². The summed E-state index contributed by atoms with van der Waals surface area (Å²) >= 11 is 0. The number of benzene rings is 2. The van der Waals surface area contributed by atoms with E-state index in [1.807, 2.05) is 24.3 Å². The number of hydrogen-bond acceptors (Lipinski definition) is 4. The van der Waals surface area contributed by atoms with Crippen LogP contribution in [0.25, 0.3) is 0 Å². The summed E-state index contributed by atoms with van der Waals surface area (Å²) in [4.78, 5) is 16.6. The van der Waals surface area contributed by atoms with E-state index < -0.39 is 0 Å². The van der Waals surface area contributed by atoms with Gasteiger partial charge in [-0.25, -0.2) is 0 Å². The van der Waals surface area contributed by atoms with Crippen molar-refractivity contribution in [3.8, 4) is 0 Å². The molecule has 28 heavy (non-hydrogen) atoms. The monoisotopic (exact) mass is 402 g/mol. The van der Waals surface area contributed by atoms with Crippen molar-refractivity contribution in [2.24, 2.45) is 0 Å². The van der Waals surface area contributed by atoms with Gasteiger partial charge >= 0.3 is 5.97 Å². The zero-order chi connectivity index (χ0) is 18.6. The molecule has 0 aromatic heterocycles. The number of carbonyl (C=O) groups excluding carboxylic acids is 1. The molecule has 0 spiro atoms. The number of rotatable bonds is 4. The highest BCUT2D eigenvalue weighted by Gasteiger charge is 2.31. The highest BCUT2D eigenvalue weighted by atomic mass is 35.5. The number of halogens is 1. The summed E-state index contributed by atoms with van der Waals surface area (Å²) in [6, 6.07) is 16.5. The predicted octanol–water partition coefficient (Wildman–Crippen LogP) is -1.44. The van der Waals surface area contributed by atoms with Crippen molar-refractivity contribution in [3.63, 3.8) is 0 Å². The van der Waals surface area contributed by atoms with E-state index in [1.54, 1.807) is 0 Å². The molecular weight excluding hydrogens is 376 g/mol. The van der Waals surface area contributed by atoms with E-state index in [0.717, 1.165) is 49.8 Å². The first kappa shape index (κ1) is 20.6. The molecule has 1 atom stereocenters.